The lowest BCUT2D eigenvalue weighted by Crippen LogP contribution is -2.15. The molecule has 18 heavy (non-hydrogen) atoms. The minimum atomic E-state index is -0.629. The zero-order valence-electron chi connectivity index (χ0n) is 9.24. The Morgan fingerprint density at radius 1 is 1.28 bits per heavy atom. The van der Waals surface area contributed by atoms with E-state index in [9.17, 15) is 9.59 Å². The van der Waals surface area contributed by atoms with Crippen LogP contribution in [0.4, 0.5) is 0 Å². The monoisotopic (exact) mass is 280 g/mol. The number of hydrogen-bond acceptors (Lipinski definition) is 2. The summed E-state index contributed by atoms with van der Waals surface area (Å²) in [6.45, 7) is 0. The van der Waals surface area contributed by atoms with Gasteiger partial charge in [0.25, 0.3) is 0 Å². The maximum Gasteiger partial charge on any atom is 0.204 e. The number of benzene rings is 1. The van der Waals surface area contributed by atoms with Crippen LogP contribution in [0.5, 0.6) is 0 Å². The van der Waals surface area contributed by atoms with Crippen molar-refractivity contribution in [1.29, 1.82) is 0 Å². The number of Topliss-reactive ketones (excluding diaryl/α,β-unsaturated/α-hetero) is 2. The highest BCUT2D eigenvalue weighted by Gasteiger charge is 2.34. The summed E-state index contributed by atoms with van der Waals surface area (Å²) in [5.74, 6) is 0.508. The first-order valence-electron chi connectivity index (χ1n) is 5.35. The van der Waals surface area contributed by atoms with Gasteiger partial charge in [-0.1, -0.05) is 23.2 Å². The van der Waals surface area contributed by atoms with Gasteiger partial charge in [-0.2, -0.15) is 0 Å². The highest BCUT2D eigenvalue weighted by molar-refractivity contribution is 6.40. The normalized spacial score (nSPS) is 13.9. The van der Waals surface area contributed by atoms with Crippen LogP contribution in [0, 0.1) is 5.92 Å². The second-order valence-electron chi connectivity index (χ2n) is 4.08. The summed E-state index contributed by atoms with van der Waals surface area (Å²) in [4.78, 5) is 23.9. The molecular formula is C13H8Cl2NO2-. The Morgan fingerprint density at radius 2 is 1.94 bits per heavy atom. The highest BCUT2D eigenvalue weighted by atomic mass is 35.5. The topological polar surface area (TPSA) is 56.4 Å². The summed E-state index contributed by atoms with van der Waals surface area (Å²) in [7, 11) is 0. The number of nitrogens with zero attached hydrogens (tertiary/aromatic N) is 1. The largest absolute Gasteiger partial charge is 0.763 e. The quantitative estimate of drug-likeness (QED) is 0.279. The molecule has 1 aliphatic rings. The van der Waals surface area contributed by atoms with Crippen molar-refractivity contribution in [2.45, 2.75) is 12.8 Å². The summed E-state index contributed by atoms with van der Waals surface area (Å²) in [5, 5.41) is 9.49. The molecule has 0 aliphatic heterocycles. The Morgan fingerprint density at radius 3 is 2.44 bits per heavy atom. The lowest BCUT2D eigenvalue weighted by Gasteiger charge is -2.06. The van der Waals surface area contributed by atoms with E-state index in [1.807, 2.05) is 0 Å². The first-order valence-corrected chi connectivity index (χ1v) is 6.11. The number of carbonyl (C=O) groups is 2. The van der Waals surface area contributed by atoms with Crippen LogP contribution >= 0.6 is 23.2 Å². The van der Waals surface area contributed by atoms with Gasteiger partial charge in [0.2, 0.25) is 5.78 Å². The van der Waals surface area contributed by atoms with Crippen LogP contribution < -0.4 is 0 Å². The second kappa shape index (κ2) is 5.07. The van der Waals surface area contributed by atoms with Crippen molar-refractivity contribution in [1.82, 2.24) is 0 Å². The van der Waals surface area contributed by atoms with Gasteiger partial charge < -0.3 is 5.41 Å². The van der Waals surface area contributed by atoms with E-state index in [0.717, 1.165) is 12.8 Å². The Kier molecular flexibility index (Phi) is 3.67. The lowest BCUT2D eigenvalue weighted by molar-refractivity contribution is -0.116. The standard InChI is InChI=1S/C13H8Cl2NO2/c14-8-3-4-9(11(15)5-8)13(18)10(6-16)12(17)7-1-2-7/h3-5,7H,1-2H2/q-1. The van der Waals surface area contributed by atoms with Crippen molar-refractivity contribution >= 4 is 40.6 Å². The van der Waals surface area contributed by atoms with Gasteiger partial charge in [0, 0.05) is 16.5 Å². The Labute approximate surface area is 114 Å². The smallest absolute Gasteiger partial charge is 0.204 e. The van der Waals surface area contributed by atoms with E-state index in [0.29, 0.717) is 5.02 Å². The molecule has 0 aromatic heterocycles. The maximum absolute atomic E-state index is 12.1. The molecule has 92 valence electrons. The van der Waals surface area contributed by atoms with Crippen LogP contribution in [0.1, 0.15) is 23.2 Å². The predicted octanol–water partition coefficient (Wildman–Crippen LogP) is 3.32. The molecule has 1 saturated carbocycles. The molecule has 0 unspecified atom stereocenters. The summed E-state index contributed by atoms with van der Waals surface area (Å²) < 4.78 is 0. The van der Waals surface area contributed by atoms with Crippen LogP contribution in [0.15, 0.2) is 23.8 Å². The van der Waals surface area contributed by atoms with E-state index in [1.54, 1.807) is 5.87 Å². The molecule has 0 N–H and O–H groups in total. The Hall–Kier alpha value is -1.41. The molecule has 1 aromatic rings. The molecule has 0 spiro atoms. The molecule has 0 heterocycles. The fraction of sp³-hybridized carbons (Fsp3) is 0.231. The number of rotatable bonds is 4. The summed E-state index contributed by atoms with van der Waals surface area (Å²) >= 11 is 11.6. The maximum atomic E-state index is 12.1. The van der Waals surface area contributed by atoms with Gasteiger partial charge in [0.1, 0.15) is 0 Å². The minimum Gasteiger partial charge on any atom is -0.763 e. The van der Waals surface area contributed by atoms with Gasteiger partial charge in [0.15, 0.2) is 5.78 Å². The zero-order chi connectivity index (χ0) is 13.3. The summed E-state index contributed by atoms with van der Waals surface area (Å²) in [5.41, 5.74) is -0.215. The van der Waals surface area contributed by atoms with Crippen LogP contribution in [-0.2, 0) is 4.79 Å². The van der Waals surface area contributed by atoms with Crippen molar-refractivity contribution in [3.8, 4) is 0 Å². The fourth-order valence-electron chi connectivity index (χ4n) is 1.58. The van der Waals surface area contributed by atoms with Crippen LogP contribution in [-0.4, -0.2) is 17.4 Å². The number of allylic oxidation sites excluding steroid dienone is 1. The third kappa shape index (κ3) is 2.54. The second-order valence-corrected chi connectivity index (χ2v) is 4.92. The fourth-order valence-corrected chi connectivity index (χ4v) is 2.07. The molecule has 1 aliphatic carbocycles. The van der Waals surface area contributed by atoms with E-state index < -0.39 is 5.78 Å². The van der Waals surface area contributed by atoms with E-state index in [2.05, 4.69) is 0 Å². The van der Waals surface area contributed by atoms with Crippen LogP contribution in [0.25, 0.3) is 5.41 Å². The van der Waals surface area contributed by atoms with E-state index in [-0.39, 0.29) is 27.9 Å². The number of hydrogen-bond donors (Lipinski definition) is 0. The van der Waals surface area contributed by atoms with Gasteiger partial charge in [0.05, 0.1) is 10.6 Å². The molecule has 0 radical (unpaired) electrons. The van der Waals surface area contributed by atoms with Gasteiger partial charge in [-0.25, -0.2) is 0 Å². The third-order valence-electron chi connectivity index (χ3n) is 2.71. The molecule has 3 nitrogen and oxygen atoms in total. The number of ketones is 2. The molecule has 5 heteroatoms. The molecule has 0 atom stereocenters. The molecule has 0 bridgehead atoms. The Balaban J connectivity index is 2.34. The van der Waals surface area contributed by atoms with Crippen molar-refractivity contribution in [2.24, 2.45) is 5.92 Å². The van der Waals surface area contributed by atoms with Gasteiger partial charge in [-0.15, -0.1) is 0 Å². The average Bonchev–Trinajstić information content (AvgIpc) is 3.13. The van der Waals surface area contributed by atoms with Gasteiger partial charge in [-0.3, -0.25) is 15.5 Å². The van der Waals surface area contributed by atoms with E-state index in [4.69, 9.17) is 28.6 Å². The minimum absolute atomic E-state index is 0.131. The number of halogens is 2. The average molecular weight is 281 g/mol. The molecule has 2 rings (SSSR count). The van der Waals surface area contributed by atoms with Crippen molar-refractivity contribution in [2.75, 3.05) is 0 Å². The first kappa shape index (κ1) is 13.0. The molecular weight excluding hydrogens is 273 g/mol. The first-order chi connectivity index (χ1) is 8.54. The zero-order valence-corrected chi connectivity index (χ0v) is 10.8. The highest BCUT2D eigenvalue weighted by Crippen LogP contribution is 2.33. The summed E-state index contributed by atoms with van der Waals surface area (Å²) in [6, 6.07) is 4.33. The van der Waals surface area contributed by atoms with Crippen molar-refractivity contribution in [3.05, 3.63) is 44.8 Å². The number of carbonyl (C=O) groups excluding carboxylic acids is 2. The van der Waals surface area contributed by atoms with Crippen molar-refractivity contribution in [3.63, 3.8) is 0 Å². The SMILES string of the molecule is [N-]=C=C(C(=O)c1ccc(Cl)cc1Cl)C(=O)C1CC1. The molecule has 0 amide bonds. The lowest BCUT2D eigenvalue weighted by atomic mass is 9.99. The van der Waals surface area contributed by atoms with Crippen molar-refractivity contribution < 1.29 is 9.59 Å². The van der Waals surface area contributed by atoms with E-state index in [1.165, 1.54) is 18.2 Å². The van der Waals surface area contributed by atoms with Crippen LogP contribution in [0.3, 0.4) is 0 Å². The summed E-state index contributed by atoms with van der Waals surface area (Å²) in [6.07, 6.45) is 1.48. The van der Waals surface area contributed by atoms with E-state index >= 15 is 0 Å². The van der Waals surface area contributed by atoms with Crippen LogP contribution in [0.2, 0.25) is 10.0 Å². The molecule has 1 fully saturated rings. The molecule has 0 saturated heterocycles. The Bertz CT molecular complexity index is 585. The molecule has 1 aromatic carbocycles. The van der Waals surface area contributed by atoms with Gasteiger partial charge in [-0.05, 0) is 31.0 Å². The third-order valence-corrected chi connectivity index (χ3v) is 3.26. The van der Waals surface area contributed by atoms with Gasteiger partial charge >= 0.3 is 0 Å². The predicted molar refractivity (Wildman–Crippen MR) is 70.4 cm³/mol.